The summed E-state index contributed by atoms with van der Waals surface area (Å²) in [5, 5.41) is 6.31. The van der Waals surface area contributed by atoms with Gasteiger partial charge in [0.25, 0.3) is 0 Å². The second-order valence-electron chi connectivity index (χ2n) is 5.44. The van der Waals surface area contributed by atoms with Crippen LogP contribution in [-0.2, 0) is 17.6 Å². The first-order valence-corrected chi connectivity index (χ1v) is 7.52. The van der Waals surface area contributed by atoms with Crippen molar-refractivity contribution in [2.45, 2.75) is 25.7 Å². The molecule has 1 amide bonds. The highest BCUT2D eigenvalue weighted by Crippen LogP contribution is 2.25. The van der Waals surface area contributed by atoms with E-state index in [2.05, 4.69) is 28.8 Å². The second-order valence-corrected chi connectivity index (χ2v) is 5.44. The first-order chi connectivity index (χ1) is 10.3. The number of hydrogen-bond donors (Lipinski definition) is 2. The molecule has 0 aromatic heterocycles. The lowest BCUT2D eigenvalue weighted by atomic mass is 10.1. The molecule has 0 saturated heterocycles. The normalized spacial score (nSPS) is 12.6. The van der Waals surface area contributed by atoms with Crippen LogP contribution in [0.4, 0.5) is 11.4 Å². The van der Waals surface area contributed by atoms with Crippen molar-refractivity contribution >= 4 is 17.3 Å². The summed E-state index contributed by atoms with van der Waals surface area (Å²) in [6.07, 6.45) is 3.42. The molecule has 1 aliphatic heterocycles. The third-order valence-corrected chi connectivity index (χ3v) is 3.81. The molecular formula is C18H20N2O. The van der Waals surface area contributed by atoms with Crippen molar-refractivity contribution in [3.63, 3.8) is 0 Å². The molecule has 3 nitrogen and oxygen atoms in total. The van der Waals surface area contributed by atoms with Crippen molar-refractivity contribution < 1.29 is 4.79 Å². The molecule has 21 heavy (non-hydrogen) atoms. The van der Waals surface area contributed by atoms with Gasteiger partial charge in [-0.1, -0.05) is 30.3 Å². The number of fused-ring (bicyclic) bond motifs is 1. The Morgan fingerprint density at radius 2 is 2.00 bits per heavy atom. The lowest BCUT2D eigenvalue weighted by molar-refractivity contribution is -0.116. The third kappa shape index (κ3) is 3.63. The lowest BCUT2D eigenvalue weighted by Gasteiger charge is -2.07. The topological polar surface area (TPSA) is 41.1 Å². The molecule has 3 heteroatoms. The van der Waals surface area contributed by atoms with E-state index in [0.29, 0.717) is 6.42 Å². The van der Waals surface area contributed by atoms with Gasteiger partial charge in [0.2, 0.25) is 5.91 Å². The molecule has 2 N–H and O–H groups in total. The fraction of sp³-hybridized carbons (Fsp3) is 0.278. The maximum absolute atomic E-state index is 12.0. The highest BCUT2D eigenvalue weighted by molar-refractivity contribution is 5.91. The van der Waals surface area contributed by atoms with E-state index >= 15 is 0 Å². The van der Waals surface area contributed by atoms with Gasteiger partial charge in [-0.15, -0.1) is 0 Å². The Balaban J connectivity index is 1.48. The second kappa shape index (κ2) is 6.44. The number of rotatable bonds is 5. The molecule has 1 heterocycles. The largest absolute Gasteiger partial charge is 0.384 e. The molecule has 0 radical (unpaired) electrons. The van der Waals surface area contributed by atoms with E-state index in [0.717, 1.165) is 31.5 Å². The molecule has 0 aliphatic carbocycles. The zero-order chi connectivity index (χ0) is 14.5. The maximum Gasteiger partial charge on any atom is 0.224 e. The van der Waals surface area contributed by atoms with Crippen LogP contribution < -0.4 is 10.6 Å². The highest BCUT2D eigenvalue weighted by atomic mass is 16.1. The summed E-state index contributed by atoms with van der Waals surface area (Å²) in [6.45, 7) is 0.990. The number of benzene rings is 2. The molecule has 2 aromatic carbocycles. The van der Waals surface area contributed by atoms with Gasteiger partial charge in [-0.2, -0.15) is 0 Å². The molecule has 0 fully saturated rings. The van der Waals surface area contributed by atoms with Crippen LogP contribution in [0.1, 0.15) is 24.0 Å². The van der Waals surface area contributed by atoms with Crippen molar-refractivity contribution in [1.29, 1.82) is 0 Å². The Kier molecular flexibility index (Phi) is 4.20. The number of nitrogens with one attached hydrogen (secondary N) is 2. The molecule has 108 valence electrons. The Morgan fingerprint density at radius 3 is 2.86 bits per heavy atom. The Morgan fingerprint density at radius 1 is 1.14 bits per heavy atom. The zero-order valence-corrected chi connectivity index (χ0v) is 12.1. The fourth-order valence-corrected chi connectivity index (χ4v) is 2.70. The molecule has 3 rings (SSSR count). The predicted octanol–water partition coefficient (Wildman–Crippen LogP) is 3.62. The summed E-state index contributed by atoms with van der Waals surface area (Å²) in [6, 6.07) is 16.4. The lowest BCUT2D eigenvalue weighted by Crippen LogP contribution is -2.11. The van der Waals surface area contributed by atoms with Gasteiger partial charge in [0.05, 0.1) is 0 Å². The molecule has 0 saturated carbocycles. The van der Waals surface area contributed by atoms with Crippen LogP contribution in [0.3, 0.4) is 0 Å². The van der Waals surface area contributed by atoms with Crippen LogP contribution in [-0.4, -0.2) is 12.5 Å². The Hall–Kier alpha value is -2.29. The third-order valence-electron chi connectivity index (χ3n) is 3.81. The smallest absolute Gasteiger partial charge is 0.224 e. The Bertz CT molecular complexity index is 622. The van der Waals surface area contributed by atoms with Crippen molar-refractivity contribution in [3.05, 3.63) is 59.7 Å². The van der Waals surface area contributed by atoms with Crippen molar-refractivity contribution in [3.8, 4) is 0 Å². The van der Waals surface area contributed by atoms with Gasteiger partial charge < -0.3 is 10.6 Å². The van der Waals surface area contributed by atoms with E-state index < -0.39 is 0 Å². The summed E-state index contributed by atoms with van der Waals surface area (Å²) >= 11 is 0. The van der Waals surface area contributed by atoms with Crippen LogP contribution in [0, 0.1) is 0 Å². The summed E-state index contributed by atoms with van der Waals surface area (Å²) in [5.41, 5.74) is 4.67. The summed E-state index contributed by atoms with van der Waals surface area (Å²) in [4.78, 5) is 12.0. The standard InChI is InChI=1S/C18H20N2O/c21-18(8-4-7-14-5-2-1-3-6-14)20-16-9-10-17-15(13-16)11-12-19-17/h1-3,5-6,9-10,13,19H,4,7-8,11-12H2,(H,20,21). The predicted molar refractivity (Wildman–Crippen MR) is 86.6 cm³/mol. The summed E-state index contributed by atoms with van der Waals surface area (Å²) < 4.78 is 0. The van der Waals surface area contributed by atoms with Crippen molar-refractivity contribution in [2.75, 3.05) is 17.2 Å². The molecule has 1 aliphatic rings. The average molecular weight is 280 g/mol. The van der Waals surface area contributed by atoms with Crippen LogP contribution in [0.15, 0.2) is 48.5 Å². The van der Waals surface area contributed by atoms with Gasteiger partial charge in [-0.25, -0.2) is 0 Å². The molecule has 2 aromatic rings. The number of aryl methyl sites for hydroxylation is 1. The first-order valence-electron chi connectivity index (χ1n) is 7.52. The monoisotopic (exact) mass is 280 g/mol. The van der Waals surface area contributed by atoms with Gasteiger partial charge in [0, 0.05) is 24.3 Å². The van der Waals surface area contributed by atoms with E-state index in [-0.39, 0.29) is 5.91 Å². The summed E-state index contributed by atoms with van der Waals surface area (Å²) in [7, 11) is 0. The maximum atomic E-state index is 12.0. The van der Waals surface area contributed by atoms with Crippen LogP contribution in [0.2, 0.25) is 0 Å². The summed E-state index contributed by atoms with van der Waals surface area (Å²) in [5.74, 6) is 0.0943. The number of carbonyl (C=O) groups excluding carboxylic acids is 1. The Labute approximate surface area is 125 Å². The van der Waals surface area contributed by atoms with Gasteiger partial charge >= 0.3 is 0 Å². The van der Waals surface area contributed by atoms with Crippen LogP contribution in [0.25, 0.3) is 0 Å². The number of carbonyl (C=O) groups is 1. The van der Waals surface area contributed by atoms with Crippen molar-refractivity contribution in [2.24, 2.45) is 0 Å². The zero-order valence-electron chi connectivity index (χ0n) is 12.1. The van der Waals surface area contributed by atoms with E-state index in [1.807, 2.05) is 30.3 Å². The quantitative estimate of drug-likeness (QED) is 0.878. The van der Waals surface area contributed by atoms with Gasteiger partial charge in [0.15, 0.2) is 0 Å². The van der Waals surface area contributed by atoms with Crippen LogP contribution >= 0.6 is 0 Å². The number of anilines is 2. The SMILES string of the molecule is O=C(CCCc1ccccc1)Nc1ccc2c(c1)CCN2. The molecule has 0 unspecified atom stereocenters. The number of amides is 1. The minimum absolute atomic E-state index is 0.0943. The van der Waals surface area contributed by atoms with Gasteiger partial charge in [-0.3, -0.25) is 4.79 Å². The number of hydrogen-bond acceptors (Lipinski definition) is 2. The molecule has 0 spiro atoms. The molecular weight excluding hydrogens is 260 g/mol. The van der Waals surface area contributed by atoms with Crippen molar-refractivity contribution in [1.82, 2.24) is 0 Å². The minimum Gasteiger partial charge on any atom is -0.384 e. The van der Waals surface area contributed by atoms with E-state index in [9.17, 15) is 4.79 Å². The van der Waals surface area contributed by atoms with Gasteiger partial charge in [0.1, 0.15) is 0 Å². The highest BCUT2D eigenvalue weighted by Gasteiger charge is 2.11. The molecule has 0 bridgehead atoms. The van der Waals surface area contributed by atoms with Crippen LogP contribution in [0.5, 0.6) is 0 Å². The van der Waals surface area contributed by atoms with E-state index in [4.69, 9.17) is 0 Å². The van der Waals surface area contributed by atoms with E-state index in [1.165, 1.54) is 16.8 Å². The van der Waals surface area contributed by atoms with E-state index in [1.54, 1.807) is 0 Å². The fourth-order valence-electron chi connectivity index (χ4n) is 2.70. The first kappa shape index (κ1) is 13.7. The van der Waals surface area contributed by atoms with Gasteiger partial charge in [-0.05, 0) is 48.6 Å². The minimum atomic E-state index is 0.0943. The average Bonchev–Trinajstić information content (AvgIpc) is 2.96. The molecule has 0 atom stereocenters.